The van der Waals surface area contributed by atoms with Gasteiger partial charge in [0.25, 0.3) is 0 Å². The molecule has 0 aliphatic rings. The first-order chi connectivity index (χ1) is 8.99. The number of nitrogens with two attached hydrogens (primary N) is 1. The summed E-state index contributed by atoms with van der Waals surface area (Å²) in [5, 5.41) is 0. The lowest BCUT2D eigenvalue weighted by atomic mass is 10.1. The van der Waals surface area contributed by atoms with Gasteiger partial charge >= 0.3 is 0 Å². The van der Waals surface area contributed by atoms with Gasteiger partial charge in [-0.05, 0) is 42.5 Å². The molecule has 0 unspecified atom stereocenters. The molecule has 0 radical (unpaired) electrons. The molecule has 4 heteroatoms. The molecule has 98 valence electrons. The second-order valence-corrected chi connectivity index (χ2v) is 4.22. The Morgan fingerprint density at radius 1 is 1.11 bits per heavy atom. The van der Waals surface area contributed by atoms with Crippen LogP contribution in [0.25, 0.3) is 5.70 Å². The summed E-state index contributed by atoms with van der Waals surface area (Å²) >= 11 is 0. The first-order valence-electron chi connectivity index (χ1n) is 5.72. The van der Waals surface area contributed by atoms with Crippen LogP contribution in [0.15, 0.2) is 49.0 Å². The largest absolute Gasteiger partial charge is 0.399 e. The van der Waals surface area contributed by atoms with Crippen molar-refractivity contribution in [2.24, 2.45) is 0 Å². The van der Waals surface area contributed by atoms with Crippen molar-refractivity contribution in [2.75, 3.05) is 17.7 Å². The van der Waals surface area contributed by atoms with Gasteiger partial charge in [-0.25, -0.2) is 8.78 Å². The molecule has 2 aromatic rings. The molecule has 0 spiro atoms. The maximum Gasteiger partial charge on any atom is 0.132 e. The highest BCUT2D eigenvalue weighted by atomic mass is 19.1. The number of benzene rings is 2. The summed E-state index contributed by atoms with van der Waals surface area (Å²) in [6, 6.07) is 10.2. The van der Waals surface area contributed by atoms with Crippen LogP contribution >= 0.6 is 0 Å². The van der Waals surface area contributed by atoms with Crippen molar-refractivity contribution in [3.63, 3.8) is 0 Å². The summed E-state index contributed by atoms with van der Waals surface area (Å²) in [6.07, 6.45) is 0. The van der Waals surface area contributed by atoms with Gasteiger partial charge in [0.2, 0.25) is 0 Å². The van der Waals surface area contributed by atoms with Gasteiger partial charge in [0.1, 0.15) is 11.6 Å². The van der Waals surface area contributed by atoms with E-state index in [4.69, 9.17) is 5.73 Å². The number of nitrogen functional groups attached to an aromatic ring is 1. The van der Waals surface area contributed by atoms with Crippen LogP contribution in [-0.2, 0) is 0 Å². The minimum absolute atomic E-state index is 0.321. The zero-order valence-electron chi connectivity index (χ0n) is 10.5. The van der Waals surface area contributed by atoms with E-state index in [0.29, 0.717) is 22.6 Å². The Balaban J connectivity index is 2.33. The molecular formula is C15H14F2N2. The van der Waals surface area contributed by atoms with Gasteiger partial charge in [0.05, 0.1) is 0 Å². The van der Waals surface area contributed by atoms with Crippen LogP contribution in [0.2, 0.25) is 0 Å². The minimum atomic E-state index is -0.395. The lowest BCUT2D eigenvalue weighted by Gasteiger charge is -2.22. The van der Waals surface area contributed by atoms with E-state index in [1.54, 1.807) is 24.1 Å². The fourth-order valence-corrected chi connectivity index (χ4v) is 1.77. The minimum Gasteiger partial charge on any atom is -0.399 e. The Morgan fingerprint density at radius 2 is 1.74 bits per heavy atom. The highest BCUT2D eigenvalue weighted by molar-refractivity contribution is 5.78. The highest BCUT2D eigenvalue weighted by Crippen LogP contribution is 2.26. The molecule has 2 aromatic carbocycles. The van der Waals surface area contributed by atoms with Crippen molar-refractivity contribution < 1.29 is 8.78 Å². The van der Waals surface area contributed by atoms with Crippen molar-refractivity contribution in [3.05, 3.63) is 66.2 Å². The third-order valence-corrected chi connectivity index (χ3v) is 2.92. The van der Waals surface area contributed by atoms with Gasteiger partial charge in [0, 0.05) is 29.7 Å². The van der Waals surface area contributed by atoms with E-state index < -0.39 is 5.82 Å². The molecule has 2 N–H and O–H groups in total. The first-order valence-corrected chi connectivity index (χ1v) is 5.72. The number of rotatable bonds is 3. The molecule has 0 saturated heterocycles. The smallest absolute Gasteiger partial charge is 0.132 e. The third-order valence-electron chi connectivity index (χ3n) is 2.92. The number of nitrogens with zero attached hydrogens (tertiary/aromatic N) is 1. The Morgan fingerprint density at radius 3 is 2.37 bits per heavy atom. The van der Waals surface area contributed by atoms with Crippen molar-refractivity contribution in [1.82, 2.24) is 0 Å². The van der Waals surface area contributed by atoms with Crippen LogP contribution in [0.5, 0.6) is 0 Å². The molecule has 0 aliphatic carbocycles. The summed E-state index contributed by atoms with van der Waals surface area (Å²) in [5.41, 5.74) is 7.61. The van der Waals surface area contributed by atoms with Crippen LogP contribution in [0, 0.1) is 11.6 Å². The molecule has 0 saturated carbocycles. The standard InChI is InChI=1S/C15H14F2N2/c1-10(14-9-12(18)5-8-15(14)17)19(2)13-6-3-11(16)4-7-13/h3-9H,1,18H2,2H3. The molecule has 2 nitrogen and oxygen atoms in total. The topological polar surface area (TPSA) is 29.3 Å². The molecule has 0 heterocycles. The summed E-state index contributed by atoms with van der Waals surface area (Å²) in [6.45, 7) is 3.86. The van der Waals surface area contributed by atoms with Crippen molar-refractivity contribution in [1.29, 1.82) is 0 Å². The Bertz CT molecular complexity index is 606. The van der Waals surface area contributed by atoms with E-state index in [1.807, 2.05) is 0 Å². The Labute approximate surface area is 110 Å². The zero-order valence-corrected chi connectivity index (χ0v) is 10.5. The number of hydrogen-bond donors (Lipinski definition) is 1. The SMILES string of the molecule is C=C(c1cc(N)ccc1F)N(C)c1ccc(F)cc1. The highest BCUT2D eigenvalue weighted by Gasteiger charge is 2.12. The lowest BCUT2D eigenvalue weighted by molar-refractivity contribution is 0.623. The second kappa shape index (κ2) is 5.10. The predicted molar refractivity (Wildman–Crippen MR) is 74.6 cm³/mol. The zero-order chi connectivity index (χ0) is 14.0. The van der Waals surface area contributed by atoms with Gasteiger partial charge < -0.3 is 10.6 Å². The van der Waals surface area contributed by atoms with Gasteiger partial charge in [-0.15, -0.1) is 0 Å². The molecule has 2 rings (SSSR count). The van der Waals surface area contributed by atoms with E-state index in [-0.39, 0.29) is 5.82 Å². The van der Waals surface area contributed by atoms with Crippen LogP contribution in [0.1, 0.15) is 5.56 Å². The normalized spacial score (nSPS) is 10.3. The molecule has 0 aliphatic heterocycles. The first kappa shape index (κ1) is 13.1. The van der Waals surface area contributed by atoms with E-state index in [9.17, 15) is 8.78 Å². The summed E-state index contributed by atoms with van der Waals surface area (Å²) in [4.78, 5) is 1.68. The average Bonchev–Trinajstić information content (AvgIpc) is 2.41. The summed E-state index contributed by atoms with van der Waals surface area (Å²) in [5.74, 6) is -0.717. The molecule has 0 bridgehead atoms. The number of anilines is 2. The maximum atomic E-state index is 13.8. The van der Waals surface area contributed by atoms with E-state index in [0.717, 1.165) is 0 Å². The van der Waals surface area contributed by atoms with E-state index >= 15 is 0 Å². The quantitative estimate of drug-likeness (QED) is 0.853. The number of hydrogen-bond acceptors (Lipinski definition) is 2. The van der Waals surface area contributed by atoms with Crippen LogP contribution in [0.3, 0.4) is 0 Å². The van der Waals surface area contributed by atoms with Crippen molar-refractivity contribution >= 4 is 17.1 Å². The molecule has 0 fully saturated rings. The van der Waals surface area contributed by atoms with E-state index in [2.05, 4.69) is 6.58 Å². The predicted octanol–water partition coefficient (Wildman–Crippen LogP) is 3.65. The fourth-order valence-electron chi connectivity index (χ4n) is 1.77. The Kier molecular flexibility index (Phi) is 3.51. The second-order valence-electron chi connectivity index (χ2n) is 4.22. The maximum absolute atomic E-state index is 13.8. The third kappa shape index (κ3) is 2.73. The molecule has 0 atom stereocenters. The monoisotopic (exact) mass is 260 g/mol. The van der Waals surface area contributed by atoms with Gasteiger partial charge in [-0.3, -0.25) is 0 Å². The summed E-state index contributed by atoms with van der Waals surface area (Å²) < 4.78 is 26.6. The van der Waals surface area contributed by atoms with Crippen LogP contribution in [0.4, 0.5) is 20.2 Å². The average molecular weight is 260 g/mol. The Hall–Kier alpha value is -2.36. The molecule has 0 aromatic heterocycles. The lowest BCUT2D eigenvalue weighted by Crippen LogP contribution is -2.15. The summed E-state index contributed by atoms with van der Waals surface area (Å²) in [7, 11) is 1.73. The fraction of sp³-hybridized carbons (Fsp3) is 0.0667. The molecule has 19 heavy (non-hydrogen) atoms. The van der Waals surface area contributed by atoms with Gasteiger partial charge in [0.15, 0.2) is 0 Å². The van der Waals surface area contributed by atoms with Crippen molar-refractivity contribution in [3.8, 4) is 0 Å². The molecule has 0 amide bonds. The van der Waals surface area contributed by atoms with Crippen molar-refractivity contribution in [2.45, 2.75) is 0 Å². The van der Waals surface area contributed by atoms with Crippen LogP contribution in [-0.4, -0.2) is 7.05 Å². The van der Waals surface area contributed by atoms with E-state index in [1.165, 1.54) is 30.3 Å². The number of halogens is 2. The van der Waals surface area contributed by atoms with Crippen LogP contribution < -0.4 is 10.6 Å². The molecular weight excluding hydrogens is 246 g/mol. The van der Waals surface area contributed by atoms with Gasteiger partial charge in [-0.2, -0.15) is 0 Å². The van der Waals surface area contributed by atoms with Gasteiger partial charge in [-0.1, -0.05) is 6.58 Å².